The minimum absolute atomic E-state index is 0.0654. The van der Waals surface area contributed by atoms with Crippen molar-refractivity contribution in [2.24, 2.45) is 0 Å². The van der Waals surface area contributed by atoms with E-state index in [4.69, 9.17) is 0 Å². The molecule has 0 aliphatic rings. The molecule has 0 N–H and O–H groups in total. The Morgan fingerprint density at radius 3 is 1.36 bits per heavy atom. The van der Waals surface area contributed by atoms with Crippen LogP contribution in [-0.2, 0) is 0 Å². The van der Waals surface area contributed by atoms with Gasteiger partial charge in [0.25, 0.3) is 0 Å². The molecule has 0 heterocycles. The highest BCUT2D eigenvalue weighted by Crippen LogP contribution is 2.33. The Hall–Kier alpha value is -5.05. The van der Waals surface area contributed by atoms with Crippen molar-refractivity contribution in [3.8, 4) is 0 Å². The molecular weight excluding hydrogens is 600 g/mol. The van der Waals surface area contributed by atoms with Crippen LogP contribution < -0.4 is 0 Å². The van der Waals surface area contributed by atoms with Gasteiger partial charge in [-0.2, -0.15) is 0 Å². The number of ketones is 1. The number of hydrogen-bond acceptors (Lipinski definition) is 1. The summed E-state index contributed by atoms with van der Waals surface area (Å²) in [6.07, 6.45) is 0. The van der Waals surface area contributed by atoms with Gasteiger partial charge in [-0.25, -0.2) is 0 Å². The molecule has 2 heteroatoms. The first-order valence-electron chi connectivity index (χ1n) is 14.8. The van der Waals surface area contributed by atoms with Gasteiger partial charge in [0.05, 0.1) is 4.83 Å². The summed E-state index contributed by atoms with van der Waals surface area (Å²) >= 11 is 3.83. The fraction of sp³-hybridized carbons (Fsp3) is 0.0238. The molecule has 0 aliphatic heterocycles. The van der Waals surface area contributed by atoms with E-state index in [1.54, 1.807) is 0 Å². The Bertz CT molecular complexity index is 2250. The summed E-state index contributed by atoms with van der Waals surface area (Å²) in [6, 6.07) is 58.2. The summed E-state index contributed by atoms with van der Waals surface area (Å²) in [5.41, 5.74) is 4.02. The lowest BCUT2D eigenvalue weighted by molar-refractivity contribution is 0.103. The lowest BCUT2D eigenvalue weighted by Crippen LogP contribution is -2.00. The zero-order valence-electron chi connectivity index (χ0n) is 24.0. The first-order chi connectivity index (χ1) is 21.6. The summed E-state index contributed by atoms with van der Waals surface area (Å²) < 4.78 is 0. The summed E-state index contributed by atoms with van der Waals surface area (Å²) in [5, 5.41) is 9.83. The average molecular weight is 630 g/mol. The Morgan fingerprint density at radius 1 is 0.364 bits per heavy atom. The van der Waals surface area contributed by atoms with Crippen LogP contribution in [0.1, 0.15) is 31.9 Å². The second kappa shape index (κ2) is 12.3. The molecule has 0 amide bonds. The van der Waals surface area contributed by atoms with E-state index in [0.29, 0.717) is 0 Å². The molecule has 0 saturated carbocycles. The van der Waals surface area contributed by atoms with E-state index in [1.807, 2.05) is 60.7 Å². The normalized spacial score (nSPS) is 11.8. The number of benzene rings is 8. The molecule has 0 aromatic heterocycles. The second-order valence-electron chi connectivity index (χ2n) is 11.0. The van der Waals surface area contributed by atoms with E-state index in [0.717, 1.165) is 21.9 Å². The van der Waals surface area contributed by atoms with Crippen molar-refractivity contribution < 1.29 is 4.79 Å². The van der Waals surface area contributed by atoms with E-state index >= 15 is 0 Å². The van der Waals surface area contributed by atoms with Gasteiger partial charge in [0.1, 0.15) is 0 Å². The van der Waals surface area contributed by atoms with Crippen LogP contribution in [0.2, 0.25) is 0 Å². The highest BCUT2D eigenvalue weighted by molar-refractivity contribution is 9.09. The number of fused-ring (bicyclic) bond motifs is 4. The first-order valence-corrected chi connectivity index (χ1v) is 15.7. The maximum Gasteiger partial charge on any atom is 0.193 e. The SMILES string of the molecule is BrC(c1ccccc1)c1ccc2cc3ccccc3cc2c1.O=C(c1ccccc1)c1ccc2cc3ccccc3cc2c1. The van der Waals surface area contributed by atoms with E-state index < -0.39 is 0 Å². The van der Waals surface area contributed by atoms with Crippen molar-refractivity contribution in [3.05, 3.63) is 192 Å². The highest BCUT2D eigenvalue weighted by Gasteiger charge is 2.11. The molecule has 8 rings (SSSR count). The van der Waals surface area contributed by atoms with E-state index in [-0.39, 0.29) is 10.6 Å². The average Bonchev–Trinajstić information content (AvgIpc) is 3.09. The molecule has 0 radical (unpaired) electrons. The van der Waals surface area contributed by atoms with Crippen molar-refractivity contribution in [2.45, 2.75) is 4.83 Å². The minimum Gasteiger partial charge on any atom is -0.289 e. The lowest BCUT2D eigenvalue weighted by Gasteiger charge is -2.12. The van der Waals surface area contributed by atoms with Crippen LogP contribution in [0.5, 0.6) is 0 Å². The van der Waals surface area contributed by atoms with Gasteiger partial charge in [0, 0.05) is 11.1 Å². The van der Waals surface area contributed by atoms with Gasteiger partial charge in [0.2, 0.25) is 0 Å². The summed E-state index contributed by atoms with van der Waals surface area (Å²) in [6.45, 7) is 0. The van der Waals surface area contributed by atoms with Crippen molar-refractivity contribution in [2.75, 3.05) is 0 Å². The summed E-state index contributed by atoms with van der Waals surface area (Å²) in [5.74, 6) is 0.0654. The van der Waals surface area contributed by atoms with Crippen molar-refractivity contribution >= 4 is 64.8 Å². The van der Waals surface area contributed by atoms with Gasteiger partial charge in [0.15, 0.2) is 5.78 Å². The quantitative estimate of drug-likeness (QED) is 0.108. The van der Waals surface area contributed by atoms with Crippen molar-refractivity contribution in [3.63, 3.8) is 0 Å². The molecule has 1 unspecified atom stereocenters. The van der Waals surface area contributed by atoms with Crippen LogP contribution in [0.3, 0.4) is 0 Å². The molecule has 0 saturated heterocycles. The van der Waals surface area contributed by atoms with Gasteiger partial charge < -0.3 is 0 Å². The Balaban J connectivity index is 0.000000142. The number of carbonyl (C=O) groups excluding carboxylic acids is 1. The monoisotopic (exact) mass is 628 g/mol. The van der Waals surface area contributed by atoms with Gasteiger partial charge >= 0.3 is 0 Å². The van der Waals surface area contributed by atoms with Crippen LogP contribution in [0, 0.1) is 0 Å². The predicted octanol–water partition coefficient (Wildman–Crippen LogP) is 11.7. The molecule has 44 heavy (non-hydrogen) atoms. The van der Waals surface area contributed by atoms with Crippen molar-refractivity contribution in [1.29, 1.82) is 0 Å². The van der Waals surface area contributed by atoms with Gasteiger partial charge in [-0.3, -0.25) is 4.79 Å². The van der Waals surface area contributed by atoms with Gasteiger partial charge in [-0.1, -0.05) is 149 Å². The van der Waals surface area contributed by atoms with Gasteiger partial charge in [-0.05, 0) is 90.6 Å². The van der Waals surface area contributed by atoms with Crippen LogP contribution in [0.4, 0.5) is 0 Å². The largest absolute Gasteiger partial charge is 0.289 e. The fourth-order valence-corrected chi connectivity index (χ4v) is 6.36. The van der Waals surface area contributed by atoms with Crippen LogP contribution in [0.25, 0.3) is 43.1 Å². The molecule has 8 aromatic carbocycles. The van der Waals surface area contributed by atoms with Gasteiger partial charge in [-0.15, -0.1) is 0 Å². The zero-order valence-corrected chi connectivity index (χ0v) is 25.6. The molecule has 1 atom stereocenters. The van der Waals surface area contributed by atoms with E-state index in [9.17, 15) is 4.79 Å². The van der Waals surface area contributed by atoms with E-state index in [2.05, 4.69) is 125 Å². The highest BCUT2D eigenvalue weighted by atomic mass is 79.9. The standard InChI is InChI=1S/C21H15Br.C21H14O/c2*22-21(15-6-2-1-3-7-15)19-11-10-18-12-16-8-4-5-9-17(16)13-20(18)14-19/h1-14,21H;1-14H. The molecule has 1 nitrogen and oxygen atoms in total. The van der Waals surface area contributed by atoms with Crippen molar-refractivity contribution in [1.82, 2.24) is 0 Å². The molecule has 0 aliphatic carbocycles. The number of rotatable bonds is 4. The molecule has 8 aromatic rings. The molecular formula is C42H29BrO. The topological polar surface area (TPSA) is 17.1 Å². The first kappa shape index (κ1) is 27.8. The van der Waals surface area contributed by atoms with Crippen LogP contribution in [0.15, 0.2) is 170 Å². The lowest BCUT2D eigenvalue weighted by atomic mass is 9.98. The number of carbonyl (C=O) groups is 1. The number of hydrogen-bond donors (Lipinski definition) is 0. The minimum atomic E-state index is 0.0654. The Kier molecular flexibility index (Phi) is 7.75. The van der Waals surface area contributed by atoms with E-state index in [1.165, 1.54) is 43.4 Å². The number of alkyl halides is 1. The van der Waals surface area contributed by atoms with Crippen LogP contribution in [-0.4, -0.2) is 5.78 Å². The Labute approximate surface area is 265 Å². The molecule has 210 valence electrons. The molecule has 0 spiro atoms. The fourth-order valence-electron chi connectivity index (χ4n) is 5.77. The maximum absolute atomic E-state index is 12.6. The zero-order chi connectivity index (χ0) is 29.9. The molecule has 0 bridgehead atoms. The maximum atomic E-state index is 12.6. The third kappa shape index (κ3) is 5.77. The number of halogens is 1. The summed E-state index contributed by atoms with van der Waals surface area (Å²) in [7, 11) is 0. The molecule has 0 fully saturated rings. The summed E-state index contributed by atoms with van der Waals surface area (Å²) in [4.78, 5) is 12.8. The van der Waals surface area contributed by atoms with Crippen LogP contribution >= 0.6 is 15.9 Å². The second-order valence-corrected chi connectivity index (χ2v) is 12.0. The smallest absolute Gasteiger partial charge is 0.193 e. The third-order valence-electron chi connectivity index (χ3n) is 8.12. The predicted molar refractivity (Wildman–Crippen MR) is 190 cm³/mol. The Morgan fingerprint density at radius 2 is 0.795 bits per heavy atom. The third-order valence-corrected chi connectivity index (χ3v) is 9.17.